The van der Waals surface area contributed by atoms with Gasteiger partial charge in [-0.1, -0.05) is 54.3 Å². The molecule has 5 amide bonds. The summed E-state index contributed by atoms with van der Waals surface area (Å²) >= 11 is 0. The molecule has 1 aromatic heterocycles. The van der Waals surface area contributed by atoms with Gasteiger partial charge in [-0.05, 0) is 99.0 Å². The van der Waals surface area contributed by atoms with Crippen LogP contribution in [-0.2, 0) is 29.2 Å². The van der Waals surface area contributed by atoms with E-state index in [9.17, 15) is 24.0 Å². The van der Waals surface area contributed by atoms with E-state index in [1.54, 1.807) is 18.2 Å². The molecule has 4 aliphatic heterocycles. The molecule has 1 fully saturated rings. The number of hydrogen-bond acceptors (Lipinski definition) is 12. The summed E-state index contributed by atoms with van der Waals surface area (Å²) in [5, 5.41) is 8.95. The van der Waals surface area contributed by atoms with E-state index in [2.05, 4.69) is 57.8 Å². The molecule has 9 rings (SSSR count). The third-order valence-corrected chi connectivity index (χ3v) is 12.5. The first kappa shape index (κ1) is 44.4. The molecule has 1 aliphatic carbocycles. The lowest BCUT2D eigenvalue weighted by atomic mass is 9.84. The van der Waals surface area contributed by atoms with Gasteiger partial charge in [-0.15, -0.1) is 0 Å². The highest BCUT2D eigenvalue weighted by molar-refractivity contribution is 6.24. The fraction of sp³-hybridized carbons (Fsp3) is 0.288. The van der Waals surface area contributed by atoms with E-state index in [1.807, 2.05) is 85.9 Å². The maximum absolute atomic E-state index is 13.7. The number of hydrogen-bond donors (Lipinski definition) is 3. The second-order valence-corrected chi connectivity index (χ2v) is 17.2. The van der Waals surface area contributed by atoms with Crippen LogP contribution in [0.3, 0.4) is 0 Å². The SMILES string of the molecule is CNc1nc(C2=CNC3(C)C=CC=CC3=C2)nc2c1CCN(C(=O)c1ccc(COc3ccc(C#CCN(C)CCCOc4cccc5c4C(=O)N(C4CCC(=O)NC4=O)C5=O)cc3)cc1)C2. The minimum absolute atomic E-state index is 0.0520. The van der Waals surface area contributed by atoms with Gasteiger partial charge in [0.15, 0.2) is 5.82 Å². The van der Waals surface area contributed by atoms with E-state index in [0.29, 0.717) is 69.4 Å². The van der Waals surface area contributed by atoms with Crippen LogP contribution in [0, 0.1) is 11.8 Å². The van der Waals surface area contributed by atoms with E-state index in [-0.39, 0.29) is 41.2 Å². The molecule has 0 bridgehead atoms. The van der Waals surface area contributed by atoms with Gasteiger partial charge >= 0.3 is 0 Å². The van der Waals surface area contributed by atoms with Crippen LogP contribution in [0.25, 0.3) is 5.57 Å². The second kappa shape index (κ2) is 18.9. The minimum Gasteiger partial charge on any atom is -0.493 e. The molecule has 3 N–H and O–H groups in total. The van der Waals surface area contributed by atoms with Crippen LogP contribution in [0.5, 0.6) is 11.5 Å². The lowest BCUT2D eigenvalue weighted by Crippen LogP contribution is -2.54. The summed E-state index contributed by atoms with van der Waals surface area (Å²) in [7, 11) is 3.82. The third-order valence-electron chi connectivity index (χ3n) is 12.5. The van der Waals surface area contributed by atoms with Crippen molar-refractivity contribution in [2.24, 2.45) is 0 Å². The Kier molecular flexibility index (Phi) is 12.5. The molecule has 1 saturated heterocycles. The lowest BCUT2D eigenvalue weighted by molar-refractivity contribution is -0.136. The van der Waals surface area contributed by atoms with Crippen molar-refractivity contribution in [3.05, 3.63) is 154 Å². The average Bonchev–Trinajstić information content (AvgIpc) is 3.60. The molecule has 0 saturated carbocycles. The van der Waals surface area contributed by atoms with Gasteiger partial charge in [-0.2, -0.15) is 0 Å². The van der Waals surface area contributed by atoms with Crippen molar-refractivity contribution in [1.29, 1.82) is 0 Å². The number of ether oxygens (including phenoxy) is 2. The van der Waals surface area contributed by atoms with E-state index < -0.39 is 29.7 Å². The van der Waals surface area contributed by atoms with Crippen LogP contribution in [0.4, 0.5) is 5.82 Å². The number of benzene rings is 3. The normalized spacial score (nSPS) is 19.3. The Hall–Kier alpha value is -7.83. The zero-order valence-corrected chi connectivity index (χ0v) is 37.6. The number of nitrogens with zero attached hydrogens (tertiary/aromatic N) is 5. The van der Waals surface area contributed by atoms with Crippen LogP contribution < -0.4 is 25.4 Å². The summed E-state index contributed by atoms with van der Waals surface area (Å²) in [6.45, 7) is 4.92. The molecule has 2 atom stereocenters. The van der Waals surface area contributed by atoms with Crippen molar-refractivity contribution in [1.82, 2.24) is 35.3 Å². The molecule has 15 nitrogen and oxygen atoms in total. The Morgan fingerprint density at radius 2 is 1.81 bits per heavy atom. The van der Waals surface area contributed by atoms with Gasteiger partial charge in [0, 0.05) is 55.0 Å². The summed E-state index contributed by atoms with van der Waals surface area (Å²) in [6, 6.07) is 18.9. The van der Waals surface area contributed by atoms with E-state index >= 15 is 0 Å². The number of piperidine rings is 1. The number of nitrogens with one attached hydrogen (secondary N) is 3. The molecule has 340 valence electrons. The zero-order valence-electron chi connectivity index (χ0n) is 37.6. The maximum atomic E-state index is 13.7. The van der Waals surface area contributed by atoms with Gasteiger partial charge in [0.1, 0.15) is 30.0 Å². The van der Waals surface area contributed by atoms with E-state index in [1.165, 1.54) is 0 Å². The Labute approximate surface area is 388 Å². The molecule has 67 heavy (non-hydrogen) atoms. The first-order valence-electron chi connectivity index (χ1n) is 22.4. The number of aromatic nitrogens is 2. The molecule has 4 aromatic rings. The molecular formula is C52H50N8O7. The first-order chi connectivity index (χ1) is 32.5. The number of amides is 5. The summed E-state index contributed by atoms with van der Waals surface area (Å²) in [5.41, 5.74) is 6.33. The summed E-state index contributed by atoms with van der Waals surface area (Å²) < 4.78 is 12.0. The maximum Gasteiger partial charge on any atom is 0.266 e. The average molecular weight is 899 g/mol. The predicted molar refractivity (Wildman–Crippen MR) is 251 cm³/mol. The van der Waals surface area contributed by atoms with E-state index in [0.717, 1.165) is 44.2 Å². The molecule has 0 spiro atoms. The Bertz CT molecular complexity index is 2860. The van der Waals surface area contributed by atoms with Crippen molar-refractivity contribution >= 4 is 40.9 Å². The zero-order chi connectivity index (χ0) is 46.7. The fourth-order valence-electron chi connectivity index (χ4n) is 8.72. The van der Waals surface area contributed by atoms with Gasteiger partial charge in [-0.3, -0.25) is 39.1 Å². The van der Waals surface area contributed by atoms with Crippen LogP contribution in [0.2, 0.25) is 0 Å². The largest absolute Gasteiger partial charge is 0.493 e. The van der Waals surface area contributed by atoms with E-state index in [4.69, 9.17) is 19.4 Å². The van der Waals surface area contributed by atoms with Gasteiger partial charge in [0.2, 0.25) is 11.8 Å². The molecule has 5 heterocycles. The molecule has 3 aromatic carbocycles. The number of anilines is 1. The monoisotopic (exact) mass is 898 g/mol. The number of allylic oxidation sites excluding steroid dienone is 4. The lowest BCUT2D eigenvalue weighted by Gasteiger charge is -2.34. The molecule has 5 aliphatic rings. The number of rotatable bonds is 13. The Morgan fingerprint density at radius 1 is 0.985 bits per heavy atom. The smallest absolute Gasteiger partial charge is 0.266 e. The van der Waals surface area contributed by atoms with Gasteiger partial charge in [0.25, 0.3) is 17.7 Å². The molecule has 15 heteroatoms. The number of imide groups is 2. The predicted octanol–water partition coefficient (Wildman–Crippen LogP) is 5.20. The van der Waals surface area contributed by atoms with Crippen molar-refractivity contribution in [3.8, 4) is 23.3 Å². The molecular weight excluding hydrogens is 849 g/mol. The van der Waals surface area contributed by atoms with Gasteiger partial charge in [-0.25, -0.2) is 9.97 Å². The number of dihydropyridines is 1. The van der Waals surface area contributed by atoms with Crippen molar-refractivity contribution < 1.29 is 33.4 Å². The highest BCUT2D eigenvalue weighted by Gasteiger charge is 2.46. The Balaban J connectivity index is 0.718. The standard InChI is InChI=1S/C52H50N8O7/c1-52-24-5-4-10-37(52)29-36(30-54-52)46-55-41-31-59(27-23-39(41)47(53-2)57-46)49(63)35-17-13-34(14-18-35)32-67-38-19-15-33(16-20-38)9-7-25-58(3)26-8-28-66-43-12-6-11-40-45(43)51(65)60(50(40)64)42-21-22-44(61)56-48(42)62/h4-6,10-20,24,29-30,42,54H,8,21-23,25-28,31-32H2,1-3H3,(H,53,55,57)(H,56,61,62). The minimum atomic E-state index is -1.04. The fourth-order valence-corrected chi connectivity index (χ4v) is 8.72. The summed E-state index contributed by atoms with van der Waals surface area (Å²) in [5.74, 6) is 6.47. The van der Waals surface area contributed by atoms with Crippen LogP contribution in [0.1, 0.15) is 85.5 Å². The topological polar surface area (TPSA) is 175 Å². The van der Waals surface area contributed by atoms with Crippen molar-refractivity contribution in [2.45, 2.75) is 57.3 Å². The third kappa shape index (κ3) is 9.34. The quantitative estimate of drug-likeness (QED) is 0.0911. The van der Waals surface area contributed by atoms with Crippen LogP contribution in [0.15, 0.2) is 109 Å². The summed E-state index contributed by atoms with van der Waals surface area (Å²) in [4.78, 5) is 78.9. The van der Waals surface area contributed by atoms with Crippen molar-refractivity contribution in [2.75, 3.05) is 45.7 Å². The summed E-state index contributed by atoms with van der Waals surface area (Å²) in [6.07, 6.45) is 13.8. The Morgan fingerprint density at radius 3 is 2.60 bits per heavy atom. The van der Waals surface area contributed by atoms with Crippen LogP contribution >= 0.6 is 0 Å². The van der Waals surface area contributed by atoms with Gasteiger partial charge in [0.05, 0.1) is 42.1 Å². The molecule has 0 radical (unpaired) electrons. The highest BCUT2D eigenvalue weighted by atomic mass is 16.5. The number of fused-ring (bicyclic) bond motifs is 3. The number of carbonyl (C=O) groups excluding carboxylic acids is 5. The highest BCUT2D eigenvalue weighted by Crippen LogP contribution is 2.35. The van der Waals surface area contributed by atoms with Gasteiger partial charge < -0.3 is 25.0 Å². The van der Waals surface area contributed by atoms with Crippen molar-refractivity contribution in [3.63, 3.8) is 0 Å². The second-order valence-electron chi connectivity index (χ2n) is 17.2. The van der Waals surface area contributed by atoms with Crippen LogP contribution in [-0.4, -0.2) is 106 Å². The molecule has 2 unspecified atom stereocenters. The first-order valence-corrected chi connectivity index (χ1v) is 22.4. The number of carbonyl (C=O) groups is 5.